The van der Waals surface area contributed by atoms with Crippen LogP contribution in [-0.4, -0.2) is 30.1 Å². The lowest BCUT2D eigenvalue weighted by Gasteiger charge is -2.38. The molecule has 0 N–H and O–H groups in total. The van der Waals surface area contributed by atoms with Gasteiger partial charge in [0, 0.05) is 24.3 Å². The second-order valence-corrected chi connectivity index (χ2v) is 6.26. The molecule has 0 aromatic carbocycles. The molecule has 0 saturated carbocycles. The molecule has 1 spiro atoms. The van der Waals surface area contributed by atoms with Gasteiger partial charge in [-0.1, -0.05) is 12.7 Å². The number of esters is 1. The Morgan fingerprint density at radius 2 is 2.32 bits per heavy atom. The fourth-order valence-corrected chi connectivity index (χ4v) is 3.88. The number of allylic oxidation sites excluding steroid dienone is 1. The van der Waals surface area contributed by atoms with Gasteiger partial charge in [0.2, 0.25) is 0 Å². The van der Waals surface area contributed by atoms with Crippen molar-refractivity contribution in [1.82, 2.24) is 0 Å². The van der Waals surface area contributed by atoms with Gasteiger partial charge in [-0.25, -0.2) is 4.79 Å². The molecule has 102 valence electrons. The molecule has 19 heavy (non-hydrogen) atoms. The molecule has 4 aliphatic rings. The molecule has 0 unspecified atom stereocenters. The second-order valence-electron chi connectivity index (χ2n) is 6.26. The van der Waals surface area contributed by atoms with E-state index in [2.05, 4.69) is 12.7 Å². The van der Waals surface area contributed by atoms with E-state index in [-0.39, 0.29) is 23.6 Å². The number of carbonyl (C=O) groups excluding carboxylic acids is 1. The lowest BCUT2D eigenvalue weighted by atomic mass is 9.83. The Morgan fingerprint density at radius 1 is 1.47 bits per heavy atom. The first-order valence-electron chi connectivity index (χ1n) is 6.95. The molecule has 4 rings (SSSR count). The van der Waals surface area contributed by atoms with E-state index in [9.17, 15) is 4.79 Å². The fraction of sp³-hybridized carbons (Fsp3) is 0.667. The third-order valence-corrected chi connectivity index (χ3v) is 5.02. The number of ether oxygens (including phenoxy) is 3. The van der Waals surface area contributed by atoms with Gasteiger partial charge in [0.1, 0.15) is 11.7 Å². The summed E-state index contributed by atoms with van der Waals surface area (Å²) in [5.74, 6) is -0.604. The van der Waals surface area contributed by atoms with Crippen molar-refractivity contribution in [3.8, 4) is 0 Å². The van der Waals surface area contributed by atoms with Crippen molar-refractivity contribution in [2.45, 2.75) is 50.1 Å². The van der Waals surface area contributed by atoms with Gasteiger partial charge in [-0.05, 0) is 25.3 Å². The molecule has 4 heteroatoms. The molecule has 4 atom stereocenters. The number of fused-ring (bicyclic) bond motifs is 2. The summed E-state index contributed by atoms with van der Waals surface area (Å²) in [6.45, 7) is 6.45. The summed E-state index contributed by atoms with van der Waals surface area (Å²) in [4.78, 5) is 11.7. The Labute approximate surface area is 112 Å². The maximum Gasteiger partial charge on any atom is 0.334 e. The summed E-state index contributed by atoms with van der Waals surface area (Å²) in [6.07, 6.45) is 5.55. The molecule has 3 heterocycles. The van der Waals surface area contributed by atoms with Crippen molar-refractivity contribution in [3.05, 3.63) is 23.8 Å². The third kappa shape index (κ3) is 1.50. The second kappa shape index (κ2) is 3.49. The Morgan fingerprint density at radius 3 is 3.16 bits per heavy atom. The SMILES string of the molecule is C=C1C(=O)O[C@@H]2C[C@@]34CO[C@@](C)(CCC3=CC[C@H]12)O4. The molecule has 0 radical (unpaired) electrons. The normalized spacial score (nSPS) is 48.2. The maximum absolute atomic E-state index is 11.7. The highest BCUT2D eigenvalue weighted by molar-refractivity contribution is 5.90. The number of hydrogen-bond acceptors (Lipinski definition) is 4. The van der Waals surface area contributed by atoms with Crippen molar-refractivity contribution in [1.29, 1.82) is 0 Å². The van der Waals surface area contributed by atoms with E-state index in [0.717, 1.165) is 19.3 Å². The van der Waals surface area contributed by atoms with E-state index >= 15 is 0 Å². The van der Waals surface area contributed by atoms with E-state index in [1.165, 1.54) is 5.57 Å². The van der Waals surface area contributed by atoms with Crippen LogP contribution >= 0.6 is 0 Å². The molecule has 4 nitrogen and oxygen atoms in total. The van der Waals surface area contributed by atoms with Gasteiger partial charge in [-0.3, -0.25) is 0 Å². The highest BCUT2D eigenvalue weighted by Gasteiger charge is 2.57. The van der Waals surface area contributed by atoms with Crippen molar-refractivity contribution in [2.24, 2.45) is 5.92 Å². The fourth-order valence-electron chi connectivity index (χ4n) is 3.88. The van der Waals surface area contributed by atoms with Crippen LogP contribution in [0, 0.1) is 5.92 Å². The largest absolute Gasteiger partial charge is 0.458 e. The Kier molecular flexibility index (Phi) is 2.15. The van der Waals surface area contributed by atoms with E-state index in [1.54, 1.807) is 0 Å². The summed E-state index contributed by atoms with van der Waals surface area (Å²) >= 11 is 0. The van der Waals surface area contributed by atoms with Crippen molar-refractivity contribution < 1.29 is 19.0 Å². The molecular formula is C15H18O4. The van der Waals surface area contributed by atoms with Gasteiger partial charge in [0.15, 0.2) is 5.79 Å². The smallest absolute Gasteiger partial charge is 0.334 e. The molecule has 0 aromatic rings. The van der Waals surface area contributed by atoms with Gasteiger partial charge in [0.25, 0.3) is 0 Å². The summed E-state index contributed by atoms with van der Waals surface area (Å²) < 4.78 is 17.6. The first-order chi connectivity index (χ1) is 9.01. The summed E-state index contributed by atoms with van der Waals surface area (Å²) in [7, 11) is 0. The molecule has 3 fully saturated rings. The average Bonchev–Trinajstić information content (AvgIpc) is 2.71. The van der Waals surface area contributed by atoms with E-state index in [0.29, 0.717) is 18.6 Å². The summed E-state index contributed by atoms with van der Waals surface area (Å²) in [6, 6.07) is 0. The molecule has 1 aliphatic carbocycles. The number of carbonyl (C=O) groups is 1. The van der Waals surface area contributed by atoms with Crippen LogP contribution in [0.15, 0.2) is 23.8 Å². The Hall–Kier alpha value is -1.13. The predicted molar refractivity (Wildman–Crippen MR) is 67.2 cm³/mol. The van der Waals surface area contributed by atoms with E-state index in [1.807, 2.05) is 6.92 Å². The molecule has 2 bridgehead atoms. The Bertz CT molecular complexity index is 508. The van der Waals surface area contributed by atoms with Crippen molar-refractivity contribution >= 4 is 5.97 Å². The van der Waals surface area contributed by atoms with Crippen LogP contribution in [-0.2, 0) is 19.0 Å². The van der Waals surface area contributed by atoms with Gasteiger partial charge < -0.3 is 14.2 Å². The van der Waals surface area contributed by atoms with Gasteiger partial charge in [0.05, 0.1) is 6.61 Å². The summed E-state index contributed by atoms with van der Waals surface area (Å²) in [5.41, 5.74) is 1.55. The minimum absolute atomic E-state index is 0.107. The van der Waals surface area contributed by atoms with Gasteiger partial charge in [-0.15, -0.1) is 0 Å². The van der Waals surface area contributed by atoms with Crippen LogP contribution in [0.25, 0.3) is 0 Å². The zero-order valence-electron chi connectivity index (χ0n) is 11.1. The van der Waals surface area contributed by atoms with Gasteiger partial charge in [-0.2, -0.15) is 0 Å². The quantitative estimate of drug-likeness (QED) is 0.381. The maximum atomic E-state index is 11.7. The highest BCUT2D eigenvalue weighted by atomic mass is 16.8. The van der Waals surface area contributed by atoms with Crippen LogP contribution in [0.1, 0.15) is 32.6 Å². The van der Waals surface area contributed by atoms with E-state index < -0.39 is 5.79 Å². The molecule has 3 saturated heterocycles. The molecule has 0 amide bonds. The van der Waals surface area contributed by atoms with Gasteiger partial charge >= 0.3 is 5.97 Å². The van der Waals surface area contributed by atoms with Crippen LogP contribution in [0.4, 0.5) is 0 Å². The monoisotopic (exact) mass is 262 g/mol. The minimum atomic E-state index is -0.462. The van der Waals surface area contributed by atoms with Crippen LogP contribution in [0.3, 0.4) is 0 Å². The molecule has 3 aliphatic heterocycles. The minimum Gasteiger partial charge on any atom is -0.458 e. The van der Waals surface area contributed by atoms with Crippen LogP contribution < -0.4 is 0 Å². The Balaban J connectivity index is 1.72. The topological polar surface area (TPSA) is 44.8 Å². The number of rotatable bonds is 0. The zero-order valence-corrected chi connectivity index (χ0v) is 11.1. The predicted octanol–water partition coefficient (Wildman–Crippen LogP) is 2.10. The number of hydrogen-bond donors (Lipinski definition) is 0. The lowest BCUT2D eigenvalue weighted by molar-refractivity contribution is -0.189. The van der Waals surface area contributed by atoms with Crippen LogP contribution in [0.2, 0.25) is 0 Å². The van der Waals surface area contributed by atoms with E-state index in [4.69, 9.17) is 14.2 Å². The standard InChI is InChI=1S/C15H18O4/c1-9-11-4-3-10-5-6-14(2)17-8-15(10,19-14)7-12(11)18-13(9)16/h3,11-12H,1,4-8H2,2H3/t11-,12-,14-,15-/m1/s1. The highest BCUT2D eigenvalue weighted by Crippen LogP contribution is 2.52. The van der Waals surface area contributed by atoms with Crippen LogP contribution in [0.5, 0.6) is 0 Å². The average molecular weight is 262 g/mol. The first-order valence-corrected chi connectivity index (χ1v) is 6.95. The van der Waals surface area contributed by atoms with Crippen molar-refractivity contribution in [3.63, 3.8) is 0 Å². The third-order valence-electron chi connectivity index (χ3n) is 5.02. The van der Waals surface area contributed by atoms with Crippen molar-refractivity contribution in [2.75, 3.05) is 6.61 Å². The molecular weight excluding hydrogens is 244 g/mol. The molecule has 0 aromatic heterocycles. The summed E-state index contributed by atoms with van der Waals surface area (Å²) in [5, 5.41) is 0. The zero-order chi connectivity index (χ0) is 13.3. The lowest BCUT2D eigenvalue weighted by Crippen LogP contribution is -2.44. The first kappa shape index (κ1) is 11.7.